The number of benzene rings is 2. The molecule has 0 aliphatic carbocycles. The first-order chi connectivity index (χ1) is 12.4. The fourth-order valence-corrected chi connectivity index (χ4v) is 2.55. The summed E-state index contributed by atoms with van der Waals surface area (Å²) in [5.74, 6) is -0.264. The molecule has 0 atom stereocenters. The summed E-state index contributed by atoms with van der Waals surface area (Å²) in [5, 5.41) is 6.97. The molecule has 1 heterocycles. The van der Waals surface area contributed by atoms with Gasteiger partial charge in [-0.1, -0.05) is 30.3 Å². The van der Waals surface area contributed by atoms with Crippen LogP contribution in [0.15, 0.2) is 67.0 Å². The second kappa shape index (κ2) is 7.43. The molecular formula is C19H16F3N3O. The van der Waals surface area contributed by atoms with Crippen LogP contribution in [0.1, 0.15) is 16.7 Å². The minimum Gasteiger partial charge on any atom is -0.352 e. The molecule has 3 rings (SSSR count). The number of hydrogen-bond acceptors (Lipinski definition) is 2. The van der Waals surface area contributed by atoms with Gasteiger partial charge in [0.15, 0.2) is 0 Å². The Bertz CT molecular complexity index is 872. The lowest BCUT2D eigenvalue weighted by atomic mass is 10.1. The lowest BCUT2D eigenvalue weighted by Gasteiger charge is -2.11. The number of nitrogens with zero attached hydrogens (tertiary/aromatic N) is 2. The SMILES string of the molecule is O=C(Cc1ccc(C(F)(F)F)cc1)NCc1ccccc1-n1cccn1. The molecule has 1 amide bonds. The van der Waals surface area contributed by atoms with Crippen LogP contribution in [0.4, 0.5) is 13.2 Å². The van der Waals surface area contributed by atoms with Gasteiger partial charge in [-0.3, -0.25) is 4.79 Å². The third-order valence-corrected chi connectivity index (χ3v) is 3.86. The molecule has 1 aromatic heterocycles. The molecule has 1 N–H and O–H groups in total. The van der Waals surface area contributed by atoms with E-state index in [1.165, 1.54) is 12.1 Å². The fraction of sp³-hybridized carbons (Fsp3) is 0.158. The van der Waals surface area contributed by atoms with Crippen LogP contribution >= 0.6 is 0 Å². The predicted molar refractivity (Wildman–Crippen MR) is 90.6 cm³/mol. The minimum absolute atomic E-state index is 0.0159. The molecule has 0 unspecified atom stereocenters. The maximum Gasteiger partial charge on any atom is 0.416 e. The smallest absolute Gasteiger partial charge is 0.352 e. The van der Waals surface area contributed by atoms with Crippen LogP contribution in [0.2, 0.25) is 0 Å². The Morgan fingerprint density at radius 2 is 1.77 bits per heavy atom. The van der Waals surface area contributed by atoms with E-state index in [0.717, 1.165) is 23.4 Å². The van der Waals surface area contributed by atoms with Crippen LogP contribution in [0.3, 0.4) is 0 Å². The number of nitrogens with one attached hydrogen (secondary N) is 1. The second-order valence-electron chi connectivity index (χ2n) is 5.73. The summed E-state index contributed by atoms with van der Waals surface area (Å²) in [5.41, 5.74) is 1.54. The predicted octanol–water partition coefficient (Wildman–Crippen LogP) is 3.75. The highest BCUT2D eigenvalue weighted by molar-refractivity contribution is 5.78. The average Bonchev–Trinajstić information content (AvgIpc) is 3.14. The van der Waals surface area contributed by atoms with E-state index in [0.29, 0.717) is 12.1 Å². The van der Waals surface area contributed by atoms with Crippen LogP contribution in [-0.2, 0) is 23.9 Å². The summed E-state index contributed by atoms with van der Waals surface area (Å²) in [6, 6.07) is 13.9. The van der Waals surface area contributed by atoms with Gasteiger partial charge in [0.2, 0.25) is 5.91 Å². The number of amides is 1. The van der Waals surface area contributed by atoms with Crippen molar-refractivity contribution in [1.82, 2.24) is 15.1 Å². The normalized spacial score (nSPS) is 11.3. The summed E-state index contributed by atoms with van der Waals surface area (Å²) in [4.78, 5) is 12.1. The van der Waals surface area contributed by atoms with Crippen LogP contribution in [0, 0.1) is 0 Å². The van der Waals surface area contributed by atoms with E-state index in [1.807, 2.05) is 30.5 Å². The molecule has 0 fully saturated rings. The third kappa shape index (κ3) is 4.30. The van der Waals surface area contributed by atoms with E-state index in [9.17, 15) is 18.0 Å². The Morgan fingerprint density at radius 3 is 2.42 bits per heavy atom. The zero-order valence-electron chi connectivity index (χ0n) is 13.7. The molecule has 0 spiro atoms. The van der Waals surface area contributed by atoms with Gasteiger partial charge < -0.3 is 5.32 Å². The summed E-state index contributed by atoms with van der Waals surface area (Å²) in [6.45, 7) is 0.301. The van der Waals surface area contributed by atoms with E-state index >= 15 is 0 Å². The standard InChI is InChI=1S/C19H16F3N3O/c20-19(21,22)16-8-6-14(7-9-16)12-18(26)23-13-15-4-1-2-5-17(15)25-11-3-10-24-25/h1-11H,12-13H2,(H,23,26). The summed E-state index contributed by atoms with van der Waals surface area (Å²) in [7, 11) is 0. The zero-order chi connectivity index (χ0) is 18.6. The van der Waals surface area contributed by atoms with E-state index in [-0.39, 0.29) is 12.3 Å². The summed E-state index contributed by atoms with van der Waals surface area (Å²) in [6.07, 6.45) is -0.887. The number of carbonyl (C=O) groups is 1. The minimum atomic E-state index is -4.38. The average molecular weight is 359 g/mol. The largest absolute Gasteiger partial charge is 0.416 e. The number of halogens is 3. The topological polar surface area (TPSA) is 46.9 Å². The molecule has 26 heavy (non-hydrogen) atoms. The molecule has 0 saturated carbocycles. The summed E-state index contributed by atoms with van der Waals surface area (Å²) >= 11 is 0. The lowest BCUT2D eigenvalue weighted by molar-refractivity contribution is -0.137. The Hall–Kier alpha value is -3.09. The molecule has 2 aromatic carbocycles. The lowest BCUT2D eigenvalue weighted by Crippen LogP contribution is -2.25. The van der Waals surface area contributed by atoms with Crippen molar-refractivity contribution in [1.29, 1.82) is 0 Å². The number of aromatic nitrogens is 2. The zero-order valence-corrected chi connectivity index (χ0v) is 13.7. The summed E-state index contributed by atoms with van der Waals surface area (Å²) < 4.78 is 39.4. The molecule has 0 saturated heterocycles. The fourth-order valence-electron chi connectivity index (χ4n) is 2.55. The molecule has 0 bridgehead atoms. The monoisotopic (exact) mass is 359 g/mol. The van der Waals surface area contributed by atoms with Gasteiger partial charge in [0.05, 0.1) is 17.7 Å². The highest BCUT2D eigenvalue weighted by atomic mass is 19.4. The molecule has 0 radical (unpaired) electrons. The van der Waals surface area contributed by atoms with Crippen molar-refractivity contribution >= 4 is 5.91 Å². The number of alkyl halides is 3. The Balaban J connectivity index is 1.62. The van der Waals surface area contributed by atoms with Crippen molar-refractivity contribution in [2.24, 2.45) is 0 Å². The van der Waals surface area contributed by atoms with Crippen molar-refractivity contribution < 1.29 is 18.0 Å². The number of para-hydroxylation sites is 1. The van der Waals surface area contributed by atoms with Crippen molar-refractivity contribution in [2.45, 2.75) is 19.1 Å². The van der Waals surface area contributed by atoms with E-state index in [1.54, 1.807) is 16.9 Å². The van der Waals surface area contributed by atoms with Gasteiger partial charge >= 0.3 is 6.18 Å². The molecular weight excluding hydrogens is 343 g/mol. The van der Waals surface area contributed by atoms with Gasteiger partial charge in [0, 0.05) is 18.9 Å². The van der Waals surface area contributed by atoms with Gasteiger partial charge in [0.1, 0.15) is 0 Å². The molecule has 0 aliphatic rings. The van der Waals surface area contributed by atoms with Gasteiger partial charge in [-0.05, 0) is 35.4 Å². The molecule has 4 nitrogen and oxygen atoms in total. The highest BCUT2D eigenvalue weighted by Crippen LogP contribution is 2.29. The first-order valence-corrected chi connectivity index (χ1v) is 7.94. The number of rotatable bonds is 5. The van der Waals surface area contributed by atoms with Crippen molar-refractivity contribution in [2.75, 3.05) is 0 Å². The molecule has 7 heteroatoms. The van der Waals surface area contributed by atoms with Crippen LogP contribution in [0.25, 0.3) is 5.69 Å². The van der Waals surface area contributed by atoms with Crippen molar-refractivity contribution in [3.8, 4) is 5.69 Å². The Kier molecular flexibility index (Phi) is 5.06. The molecule has 134 valence electrons. The molecule has 0 aliphatic heterocycles. The first-order valence-electron chi connectivity index (χ1n) is 7.94. The quantitative estimate of drug-likeness (QED) is 0.754. The third-order valence-electron chi connectivity index (χ3n) is 3.86. The van der Waals surface area contributed by atoms with E-state index in [2.05, 4.69) is 10.4 Å². The number of carbonyl (C=O) groups excluding carboxylic acids is 1. The van der Waals surface area contributed by atoms with Gasteiger partial charge in [0.25, 0.3) is 0 Å². The second-order valence-corrected chi connectivity index (χ2v) is 5.73. The van der Waals surface area contributed by atoms with Crippen molar-refractivity contribution in [3.63, 3.8) is 0 Å². The van der Waals surface area contributed by atoms with Crippen molar-refractivity contribution in [3.05, 3.63) is 83.7 Å². The molecule has 3 aromatic rings. The van der Waals surface area contributed by atoms with Gasteiger partial charge in [-0.25, -0.2) is 4.68 Å². The first kappa shape index (κ1) is 17.7. The van der Waals surface area contributed by atoms with E-state index in [4.69, 9.17) is 0 Å². The van der Waals surface area contributed by atoms with E-state index < -0.39 is 11.7 Å². The maximum absolute atomic E-state index is 12.6. The maximum atomic E-state index is 12.6. The number of hydrogen-bond donors (Lipinski definition) is 1. The Labute approximate surface area is 148 Å². The van der Waals surface area contributed by atoms with Gasteiger partial charge in [-0.15, -0.1) is 0 Å². The Morgan fingerprint density at radius 1 is 1.04 bits per heavy atom. The van der Waals surface area contributed by atoms with Gasteiger partial charge in [-0.2, -0.15) is 18.3 Å². The van der Waals surface area contributed by atoms with Crippen LogP contribution in [0.5, 0.6) is 0 Å². The van der Waals surface area contributed by atoms with Crippen LogP contribution in [-0.4, -0.2) is 15.7 Å². The highest BCUT2D eigenvalue weighted by Gasteiger charge is 2.29. The van der Waals surface area contributed by atoms with Crippen LogP contribution < -0.4 is 5.32 Å².